The summed E-state index contributed by atoms with van der Waals surface area (Å²) >= 11 is 12.1. The zero-order chi connectivity index (χ0) is 14.1. The van der Waals surface area contributed by atoms with E-state index in [1.54, 1.807) is 0 Å². The third-order valence-corrected chi connectivity index (χ3v) is 4.90. The number of carbonyl (C=O) groups excluding carboxylic acids is 1. The Balaban J connectivity index is 1.82. The Morgan fingerprint density at radius 2 is 1.80 bits per heavy atom. The SMILES string of the molecule is O=C1C=C(N2CCCC2)CC(c2ccc(Cl)c(Cl)c2)C1. The number of hydrogen-bond acceptors (Lipinski definition) is 2. The highest BCUT2D eigenvalue weighted by Crippen LogP contribution is 2.36. The van der Waals surface area contributed by atoms with E-state index < -0.39 is 0 Å². The number of nitrogens with zero attached hydrogens (tertiary/aromatic N) is 1. The lowest BCUT2D eigenvalue weighted by atomic mass is 9.85. The number of allylic oxidation sites excluding steroid dienone is 2. The van der Waals surface area contributed by atoms with E-state index in [-0.39, 0.29) is 11.7 Å². The van der Waals surface area contributed by atoms with Gasteiger partial charge in [0.25, 0.3) is 0 Å². The first-order chi connectivity index (χ1) is 9.63. The molecule has 3 rings (SSSR count). The lowest BCUT2D eigenvalue weighted by Gasteiger charge is -2.29. The van der Waals surface area contributed by atoms with Crippen molar-refractivity contribution >= 4 is 29.0 Å². The van der Waals surface area contributed by atoms with Crippen LogP contribution in [0.25, 0.3) is 0 Å². The molecular formula is C16H17Cl2NO. The van der Waals surface area contributed by atoms with E-state index >= 15 is 0 Å². The summed E-state index contributed by atoms with van der Waals surface area (Å²) in [5.41, 5.74) is 2.30. The van der Waals surface area contributed by atoms with Gasteiger partial charge in [0.15, 0.2) is 5.78 Å². The van der Waals surface area contributed by atoms with Gasteiger partial charge in [-0.3, -0.25) is 4.79 Å². The molecule has 4 heteroatoms. The van der Waals surface area contributed by atoms with Crippen LogP contribution in [0.2, 0.25) is 10.0 Å². The van der Waals surface area contributed by atoms with Gasteiger partial charge in [-0.25, -0.2) is 0 Å². The van der Waals surface area contributed by atoms with Gasteiger partial charge in [0.2, 0.25) is 0 Å². The van der Waals surface area contributed by atoms with E-state index in [2.05, 4.69) is 4.90 Å². The maximum absolute atomic E-state index is 12.0. The number of carbonyl (C=O) groups is 1. The molecule has 0 saturated carbocycles. The van der Waals surface area contributed by atoms with Crippen molar-refractivity contribution in [2.24, 2.45) is 0 Å². The minimum absolute atomic E-state index is 0.217. The predicted octanol–water partition coefficient (Wildman–Crippen LogP) is 4.42. The van der Waals surface area contributed by atoms with Crippen molar-refractivity contribution in [3.63, 3.8) is 0 Å². The maximum Gasteiger partial charge on any atom is 0.158 e. The van der Waals surface area contributed by atoms with Gasteiger partial charge in [0, 0.05) is 31.3 Å². The Bertz CT molecular complexity index is 562. The van der Waals surface area contributed by atoms with E-state index in [1.165, 1.54) is 18.5 Å². The molecule has 2 aliphatic rings. The van der Waals surface area contributed by atoms with Gasteiger partial charge >= 0.3 is 0 Å². The van der Waals surface area contributed by atoms with E-state index in [1.807, 2.05) is 24.3 Å². The van der Waals surface area contributed by atoms with Crippen LogP contribution < -0.4 is 0 Å². The first kappa shape index (κ1) is 14.0. The molecule has 2 nitrogen and oxygen atoms in total. The Labute approximate surface area is 129 Å². The maximum atomic E-state index is 12.0. The molecule has 0 radical (unpaired) electrons. The highest BCUT2D eigenvalue weighted by atomic mass is 35.5. The number of hydrogen-bond donors (Lipinski definition) is 0. The highest BCUT2D eigenvalue weighted by Gasteiger charge is 2.26. The molecule has 0 N–H and O–H groups in total. The molecule has 20 heavy (non-hydrogen) atoms. The molecule has 0 amide bonds. The first-order valence-corrected chi connectivity index (χ1v) is 7.82. The summed E-state index contributed by atoms with van der Waals surface area (Å²) in [6.45, 7) is 2.15. The molecule has 1 aliphatic carbocycles. The van der Waals surface area contributed by atoms with Crippen molar-refractivity contribution in [3.05, 3.63) is 45.6 Å². The Morgan fingerprint density at radius 1 is 1.05 bits per heavy atom. The minimum atomic E-state index is 0.217. The van der Waals surface area contributed by atoms with Crippen LogP contribution >= 0.6 is 23.2 Å². The summed E-state index contributed by atoms with van der Waals surface area (Å²) in [6.07, 6.45) is 5.77. The van der Waals surface area contributed by atoms with E-state index in [0.29, 0.717) is 16.5 Å². The van der Waals surface area contributed by atoms with Crippen molar-refractivity contribution in [1.29, 1.82) is 0 Å². The summed E-state index contributed by atoms with van der Waals surface area (Å²) in [7, 11) is 0. The first-order valence-electron chi connectivity index (χ1n) is 7.07. The molecule has 1 atom stereocenters. The lowest BCUT2D eigenvalue weighted by molar-refractivity contribution is -0.115. The van der Waals surface area contributed by atoms with Crippen LogP contribution in [-0.4, -0.2) is 23.8 Å². The molecule has 1 aromatic rings. The molecule has 0 spiro atoms. The second-order valence-electron chi connectivity index (χ2n) is 5.57. The summed E-state index contributed by atoms with van der Waals surface area (Å²) in [6, 6.07) is 5.70. The van der Waals surface area contributed by atoms with Crippen molar-refractivity contribution in [2.45, 2.75) is 31.6 Å². The van der Waals surface area contributed by atoms with Gasteiger partial charge < -0.3 is 4.90 Å². The molecule has 1 unspecified atom stereocenters. The largest absolute Gasteiger partial charge is 0.375 e. The Kier molecular flexibility index (Phi) is 4.04. The van der Waals surface area contributed by atoms with Crippen molar-refractivity contribution < 1.29 is 4.79 Å². The number of rotatable bonds is 2. The van der Waals surface area contributed by atoms with E-state index in [9.17, 15) is 4.79 Å². The summed E-state index contributed by atoms with van der Waals surface area (Å²) in [5.74, 6) is 0.437. The molecule has 1 fully saturated rings. The molecule has 0 aromatic heterocycles. The van der Waals surface area contributed by atoms with Gasteiger partial charge in [0.05, 0.1) is 10.0 Å². The smallest absolute Gasteiger partial charge is 0.158 e. The fourth-order valence-electron chi connectivity index (χ4n) is 3.10. The summed E-state index contributed by atoms with van der Waals surface area (Å²) in [5, 5.41) is 1.13. The third-order valence-electron chi connectivity index (χ3n) is 4.16. The number of benzene rings is 1. The monoisotopic (exact) mass is 309 g/mol. The van der Waals surface area contributed by atoms with Crippen LogP contribution in [0.15, 0.2) is 30.0 Å². The zero-order valence-corrected chi connectivity index (χ0v) is 12.8. The van der Waals surface area contributed by atoms with Gasteiger partial charge in [-0.2, -0.15) is 0 Å². The second kappa shape index (κ2) is 5.79. The molecule has 1 saturated heterocycles. The molecule has 106 valence electrons. The van der Waals surface area contributed by atoms with Gasteiger partial charge in [-0.15, -0.1) is 0 Å². The van der Waals surface area contributed by atoms with Crippen LogP contribution in [0.4, 0.5) is 0 Å². The standard InChI is InChI=1S/C16H17Cl2NO/c17-15-4-3-11(9-16(15)18)12-7-13(10-14(20)8-12)19-5-1-2-6-19/h3-4,9-10,12H,1-2,5-8H2. The Hall–Kier alpha value is -0.990. The molecular weight excluding hydrogens is 293 g/mol. The summed E-state index contributed by atoms with van der Waals surface area (Å²) in [4.78, 5) is 14.4. The fourth-order valence-corrected chi connectivity index (χ4v) is 3.40. The van der Waals surface area contributed by atoms with Crippen LogP contribution in [0.3, 0.4) is 0 Å². The van der Waals surface area contributed by atoms with E-state index in [0.717, 1.165) is 25.1 Å². The van der Waals surface area contributed by atoms with Crippen LogP contribution in [-0.2, 0) is 4.79 Å². The van der Waals surface area contributed by atoms with Crippen molar-refractivity contribution in [2.75, 3.05) is 13.1 Å². The predicted molar refractivity (Wildman–Crippen MR) is 82.3 cm³/mol. The van der Waals surface area contributed by atoms with Crippen LogP contribution in [0, 0.1) is 0 Å². The fraction of sp³-hybridized carbons (Fsp3) is 0.438. The Morgan fingerprint density at radius 3 is 2.50 bits per heavy atom. The van der Waals surface area contributed by atoms with Crippen molar-refractivity contribution in [1.82, 2.24) is 4.90 Å². The molecule has 1 aromatic carbocycles. The van der Waals surface area contributed by atoms with Gasteiger partial charge in [-0.05, 0) is 42.9 Å². The third kappa shape index (κ3) is 2.87. The normalized spacial score (nSPS) is 23.1. The van der Waals surface area contributed by atoms with Crippen LogP contribution in [0.1, 0.15) is 37.2 Å². The average Bonchev–Trinajstić information content (AvgIpc) is 2.95. The van der Waals surface area contributed by atoms with Crippen molar-refractivity contribution in [3.8, 4) is 0 Å². The van der Waals surface area contributed by atoms with Gasteiger partial charge in [-0.1, -0.05) is 29.3 Å². The number of ketones is 1. The number of halogens is 2. The molecule has 1 heterocycles. The lowest BCUT2D eigenvalue weighted by Crippen LogP contribution is -2.25. The topological polar surface area (TPSA) is 20.3 Å². The second-order valence-corrected chi connectivity index (χ2v) is 6.39. The minimum Gasteiger partial charge on any atom is -0.375 e. The zero-order valence-electron chi connectivity index (χ0n) is 11.2. The number of likely N-dealkylation sites (tertiary alicyclic amines) is 1. The highest BCUT2D eigenvalue weighted by molar-refractivity contribution is 6.42. The summed E-state index contributed by atoms with van der Waals surface area (Å²) < 4.78 is 0. The molecule has 0 bridgehead atoms. The molecule has 1 aliphatic heterocycles. The van der Waals surface area contributed by atoms with Gasteiger partial charge in [0.1, 0.15) is 0 Å². The quantitative estimate of drug-likeness (QED) is 0.806. The van der Waals surface area contributed by atoms with Crippen LogP contribution in [0.5, 0.6) is 0 Å². The van der Waals surface area contributed by atoms with E-state index in [4.69, 9.17) is 23.2 Å². The average molecular weight is 310 g/mol.